The third-order valence-electron chi connectivity index (χ3n) is 8.24. The van der Waals surface area contributed by atoms with E-state index < -0.39 is 0 Å². The summed E-state index contributed by atoms with van der Waals surface area (Å²) in [6, 6.07) is 21.6. The lowest BCUT2D eigenvalue weighted by molar-refractivity contribution is 0.215. The first-order valence-electron chi connectivity index (χ1n) is 13.6. The van der Waals surface area contributed by atoms with Crippen molar-refractivity contribution in [2.45, 2.75) is 25.2 Å². The molecule has 1 saturated heterocycles. The molecule has 3 aromatic heterocycles. The first-order valence-corrected chi connectivity index (χ1v) is 13.6. The van der Waals surface area contributed by atoms with Gasteiger partial charge in [-0.05, 0) is 91.9 Å². The van der Waals surface area contributed by atoms with Gasteiger partial charge >= 0.3 is 0 Å². The van der Waals surface area contributed by atoms with Gasteiger partial charge in [0.25, 0.3) is 0 Å². The lowest BCUT2D eigenvalue weighted by atomic mass is 9.88. The Balaban J connectivity index is 1.15. The van der Waals surface area contributed by atoms with Gasteiger partial charge in [0.1, 0.15) is 11.4 Å². The average Bonchev–Trinajstić information content (AvgIpc) is 3.69. The fraction of sp³-hybridized carbons (Fsp3) is 0.250. The zero-order valence-corrected chi connectivity index (χ0v) is 21.9. The standard InChI is InChI=1S/C32H30FN5O/c1-36-31(19-34-35-36)23-6-11-30-28(18-23)29(20-38(30)26-9-7-25(33)8-10-26)22-12-15-37(16-13-22)17-14-24-21-39-32-5-3-2-4-27(24)32/h2-11,18-22H,12-17H2,1H3. The minimum atomic E-state index is -0.225. The Morgan fingerprint density at radius 3 is 2.59 bits per heavy atom. The fourth-order valence-corrected chi connectivity index (χ4v) is 6.08. The molecule has 6 aromatic rings. The van der Waals surface area contributed by atoms with E-state index in [0.717, 1.165) is 66.9 Å². The summed E-state index contributed by atoms with van der Waals surface area (Å²) in [5.41, 5.74) is 7.78. The number of likely N-dealkylation sites (tertiary alicyclic amines) is 1. The highest BCUT2D eigenvalue weighted by Gasteiger charge is 2.25. The number of hydrogen-bond acceptors (Lipinski definition) is 4. The van der Waals surface area contributed by atoms with Crippen LogP contribution in [0.25, 0.3) is 38.8 Å². The summed E-state index contributed by atoms with van der Waals surface area (Å²) < 4.78 is 23.4. The molecule has 3 aromatic carbocycles. The smallest absolute Gasteiger partial charge is 0.134 e. The molecule has 0 saturated carbocycles. The van der Waals surface area contributed by atoms with E-state index in [-0.39, 0.29) is 5.82 Å². The maximum Gasteiger partial charge on any atom is 0.134 e. The van der Waals surface area contributed by atoms with E-state index >= 15 is 0 Å². The van der Waals surface area contributed by atoms with Gasteiger partial charge in [0.2, 0.25) is 0 Å². The van der Waals surface area contributed by atoms with Crippen LogP contribution in [-0.4, -0.2) is 44.1 Å². The van der Waals surface area contributed by atoms with Crippen molar-refractivity contribution in [3.63, 3.8) is 0 Å². The number of furan rings is 1. The number of rotatable bonds is 6. The number of aromatic nitrogens is 4. The van der Waals surface area contributed by atoms with Gasteiger partial charge in [0.15, 0.2) is 0 Å². The Bertz CT molecular complexity index is 1750. The maximum absolute atomic E-state index is 13.7. The lowest BCUT2D eigenvalue weighted by Gasteiger charge is -2.32. The molecule has 0 unspecified atom stereocenters. The number of fused-ring (bicyclic) bond motifs is 2. The summed E-state index contributed by atoms with van der Waals surface area (Å²) in [5, 5.41) is 10.7. The Labute approximate surface area is 226 Å². The summed E-state index contributed by atoms with van der Waals surface area (Å²) in [5.74, 6) is 0.234. The first kappa shape index (κ1) is 23.9. The Kier molecular flexibility index (Phi) is 6.01. The highest BCUT2D eigenvalue weighted by molar-refractivity contribution is 5.90. The molecule has 0 bridgehead atoms. The van der Waals surface area contributed by atoms with Crippen LogP contribution >= 0.6 is 0 Å². The fourth-order valence-electron chi connectivity index (χ4n) is 6.08. The van der Waals surface area contributed by atoms with Crippen molar-refractivity contribution in [1.82, 2.24) is 24.5 Å². The zero-order valence-electron chi connectivity index (χ0n) is 21.9. The second-order valence-corrected chi connectivity index (χ2v) is 10.5. The normalized spacial score (nSPS) is 15.0. The SMILES string of the molecule is Cn1nncc1-c1ccc2c(c1)c(C1CCN(CCc3coc4ccccc34)CC1)cn2-c1ccc(F)cc1. The van der Waals surface area contributed by atoms with Crippen LogP contribution in [0.1, 0.15) is 29.9 Å². The van der Waals surface area contributed by atoms with Crippen molar-refractivity contribution < 1.29 is 8.81 Å². The largest absolute Gasteiger partial charge is 0.464 e. The predicted octanol–water partition coefficient (Wildman–Crippen LogP) is 6.73. The molecule has 1 fully saturated rings. The van der Waals surface area contributed by atoms with Gasteiger partial charge in [0, 0.05) is 41.8 Å². The van der Waals surface area contributed by atoms with Crippen molar-refractivity contribution in [2.75, 3.05) is 19.6 Å². The van der Waals surface area contributed by atoms with E-state index in [1.165, 1.54) is 34.0 Å². The van der Waals surface area contributed by atoms with Gasteiger partial charge in [-0.3, -0.25) is 0 Å². The lowest BCUT2D eigenvalue weighted by Crippen LogP contribution is -2.34. The van der Waals surface area contributed by atoms with Crippen molar-refractivity contribution >= 4 is 21.9 Å². The van der Waals surface area contributed by atoms with Gasteiger partial charge in [0.05, 0.1) is 23.7 Å². The van der Waals surface area contributed by atoms with E-state index in [4.69, 9.17) is 4.42 Å². The van der Waals surface area contributed by atoms with Crippen LogP contribution in [0, 0.1) is 5.82 Å². The minimum absolute atomic E-state index is 0.225. The molecule has 0 N–H and O–H groups in total. The number of benzene rings is 3. The van der Waals surface area contributed by atoms with Crippen molar-refractivity contribution in [3.05, 3.63) is 102 Å². The van der Waals surface area contributed by atoms with Gasteiger partial charge in [-0.25, -0.2) is 9.07 Å². The number of piperidine rings is 1. The molecular weight excluding hydrogens is 489 g/mol. The molecule has 4 heterocycles. The molecule has 0 amide bonds. The highest BCUT2D eigenvalue weighted by Crippen LogP contribution is 2.37. The van der Waals surface area contributed by atoms with E-state index in [0.29, 0.717) is 5.92 Å². The zero-order chi connectivity index (χ0) is 26.3. The Morgan fingerprint density at radius 2 is 1.79 bits per heavy atom. The molecule has 1 aliphatic rings. The van der Waals surface area contributed by atoms with E-state index in [1.807, 2.05) is 37.6 Å². The van der Waals surface area contributed by atoms with Crippen LogP contribution in [0.5, 0.6) is 0 Å². The van der Waals surface area contributed by atoms with E-state index in [9.17, 15) is 4.39 Å². The summed E-state index contributed by atoms with van der Waals surface area (Å²) in [7, 11) is 1.92. The second kappa shape index (κ2) is 9.82. The molecule has 6 nitrogen and oxygen atoms in total. The third kappa shape index (κ3) is 4.42. The van der Waals surface area contributed by atoms with Crippen molar-refractivity contribution in [3.8, 4) is 16.9 Å². The molecule has 0 radical (unpaired) electrons. The first-order chi connectivity index (χ1) is 19.1. The maximum atomic E-state index is 13.7. The number of para-hydroxylation sites is 1. The molecule has 7 rings (SSSR count). The van der Waals surface area contributed by atoms with Gasteiger partial charge in [-0.15, -0.1) is 5.10 Å². The topological polar surface area (TPSA) is 52.0 Å². The van der Waals surface area contributed by atoms with E-state index in [1.54, 1.807) is 10.9 Å². The minimum Gasteiger partial charge on any atom is -0.464 e. The summed E-state index contributed by atoms with van der Waals surface area (Å²) in [6.07, 6.45) is 9.18. The van der Waals surface area contributed by atoms with Crippen LogP contribution in [0.15, 0.2) is 89.8 Å². The van der Waals surface area contributed by atoms with Crippen LogP contribution in [0.3, 0.4) is 0 Å². The molecule has 7 heteroatoms. The predicted molar refractivity (Wildman–Crippen MR) is 152 cm³/mol. The number of hydrogen-bond donors (Lipinski definition) is 0. The van der Waals surface area contributed by atoms with Crippen molar-refractivity contribution in [1.29, 1.82) is 0 Å². The molecule has 0 aliphatic carbocycles. The molecule has 1 aliphatic heterocycles. The monoisotopic (exact) mass is 519 g/mol. The van der Waals surface area contributed by atoms with E-state index in [2.05, 4.69) is 56.3 Å². The van der Waals surface area contributed by atoms with Crippen LogP contribution in [-0.2, 0) is 13.5 Å². The average molecular weight is 520 g/mol. The van der Waals surface area contributed by atoms with Gasteiger partial charge < -0.3 is 13.9 Å². The quantitative estimate of drug-likeness (QED) is 0.245. The second-order valence-electron chi connectivity index (χ2n) is 10.5. The van der Waals surface area contributed by atoms with Crippen LogP contribution < -0.4 is 0 Å². The summed E-state index contributed by atoms with van der Waals surface area (Å²) in [4.78, 5) is 2.57. The molecular formula is C32H30FN5O. The number of aryl methyl sites for hydroxylation is 1. The molecule has 196 valence electrons. The molecule has 0 atom stereocenters. The van der Waals surface area contributed by atoms with Crippen molar-refractivity contribution in [2.24, 2.45) is 7.05 Å². The highest BCUT2D eigenvalue weighted by atomic mass is 19.1. The third-order valence-corrected chi connectivity index (χ3v) is 8.24. The molecule has 39 heavy (non-hydrogen) atoms. The van der Waals surface area contributed by atoms with Gasteiger partial charge in [-0.1, -0.05) is 29.5 Å². The van der Waals surface area contributed by atoms with Crippen LogP contribution in [0.4, 0.5) is 4.39 Å². The summed E-state index contributed by atoms with van der Waals surface area (Å²) in [6.45, 7) is 3.16. The van der Waals surface area contributed by atoms with Gasteiger partial charge in [-0.2, -0.15) is 0 Å². The summed E-state index contributed by atoms with van der Waals surface area (Å²) >= 11 is 0. The number of nitrogens with zero attached hydrogens (tertiary/aromatic N) is 5. The van der Waals surface area contributed by atoms with Crippen LogP contribution in [0.2, 0.25) is 0 Å². The molecule has 0 spiro atoms. The number of halogens is 1. The Morgan fingerprint density at radius 1 is 0.974 bits per heavy atom. The Hall–Kier alpha value is -4.23.